The number of imidazole rings is 1. The molecule has 3 rings (SSSR count). The summed E-state index contributed by atoms with van der Waals surface area (Å²) in [6.45, 7) is 5.01. The molecule has 0 fully saturated rings. The fourth-order valence-corrected chi connectivity index (χ4v) is 4.09. The number of rotatable bonds is 5. The molecule has 1 aromatic heterocycles. The first-order valence-electron chi connectivity index (χ1n) is 8.36. The number of nitrogens with zero attached hydrogens (tertiary/aromatic N) is 2. The third-order valence-corrected chi connectivity index (χ3v) is 5.39. The van der Waals surface area contributed by atoms with Crippen molar-refractivity contribution in [2.45, 2.75) is 40.2 Å². The Hall–Kier alpha value is -2.75. The summed E-state index contributed by atoms with van der Waals surface area (Å²) >= 11 is 0. The average Bonchev–Trinajstić information content (AvgIpc) is 2.92. The van der Waals surface area contributed by atoms with E-state index in [0.717, 1.165) is 0 Å². The second-order valence-corrected chi connectivity index (χ2v) is 7.72. The van der Waals surface area contributed by atoms with E-state index < -0.39 is 16.0 Å². The first kappa shape index (κ1) is 19.0. The minimum absolute atomic E-state index is 0.0179. The van der Waals surface area contributed by atoms with Crippen LogP contribution in [0.5, 0.6) is 0 Å². The van der Waals surface area contributed by atoms with Crippen LogP contribution in [-0.2, 0) is 21.5 Å². The van der Waals surface area contributed by atoms with Gasteiger partial charge in [0.25, 0.3) is 0 Å². The molecule has 0 unspecified atom stereocenters. The number of carbonyl (C=O) groups is 1. The topological polar surface area (TPSA) is 116 Å². The molecule has 0 radical (unpaired) electrons. The number of hydrogen-bond acceptors (Lipinski definition) is 4. The molecule has 1 aromatic carbocycles. The lowest BCUT2D eigenvalue weighted by atomic mass is 10.0. The maximum Gasteiger partial charge on any atom is 0.342 e. The van der Waals surface area contributed by atoms with Gasteiger partial charge in [0.1, 0.15) is 11.6 Å². The van der Waals surface area contributed by atoms with E-state index in [4.69, 9.17) is 0 Å². The normalized spacial score (nSPS) is 16.2. The number of aromatic nitrogens is 2. The summed E-state index contributed by atoms with van der Waals surface area (Å²) < 4.78 is 43.0. The number of halogens is 1. The second-order valence-electron chi connectivity index (χ2n) is 6.38. The Labute approximate surface area is 156 Å². The maximum atomic E-state index is 14.1. The standard InChI is InChI=1S/C17H20FN5O3S/c1-9-12(10(2)23-27(25,26)22-9)4-7-16(24)19-8-13-14(18)5-6-15-17(13)21-11(3)20-15/h5-6,22H,4,7-8H2,1-3H3,(H,19,24)(H,20,21). The van der Waals surface area contributed by atoms with E-state index in [0.29, 0.717) is 45.8 Å². The van der Waals surface area contributed by atoms with Crippen LogP contribution in [0.3, 0.4) is 0 Å². The average molecular weight is 393 g/mol. The molecule has 10 heteroatoms. The maximum absolute atomic E-state index is 14.1. The van der Waals surface area contributed by atoms with Gasteiger partial charge in [-0.3, -0.25) is 9.52 Å². The van der Waals surface area contributed by atoms with Crippen LogP contribution in [0.2, 0.25) is 0 Å². The Kier molecular flexibility index (Phi) is 5.01. The number of aromatic amines is 1. The van der Waals surface area contributed by atoms with Crippen LogP contribution in [-0.4, -0.2) is 30.0 Å². The highest BCUT2D eigenvalue weighted by Crippen LogP contribution is 2.20. The molecule has 144 valence electrons. The van der Waals surface area contributed by atoms with Crippen LogP contribution in [0.25, 0.3) is 11.0 Å². The molecule has 3 N–H and O–H groups in total. The van der Waals surface area contributed by atoms with E-state index in [1.165, 1.54) is 6.07 Å². The summed E-state index contributed by atoms with van der Waals surface area (Å²) in [4.78, 5) is 19.5. The summed E-state index contributed by atoms with van der Waals surface area (Å²) in [6, 6.07) is 2.95. The number of allylic oxidation sites excluding steroid dienone is 2. The molecule has 0 bridgehead atoms. The van der Waals surface area contributed by atoms with Gasteiger partial charge in [-0.15, -0.1) is 4.40 Å². The van der Waals surface area contributed by atoms with E-state index in [2.05, 4.69) is 24.4 Å². The van der Waals surface area contributed by atoms with Crippen LogP contribution in [0, 0.1) is 12.7 Å². The van der Waals surface area contributed by atoms with Crippen molar-refractivity contribution in [2.75, 3.05) is 0 Å². The lowest BCUT2D eigenvalue weighted by Gasteiger charge is -2.17. The third-order valence-electron chi connectivity index (χ3n) is 4.31. The van der Waals surface area contributed by atoms with Crippen molar-refractivity contribution in [2.24, 2.45) is 4.40 Å². The number of H-pyrrole nitrogens is 1. The monoisotopic (exact) mass is 393 g/mol. The van der Waals surface area contributed by atoms with Gasteiger partial charge in [0.05, 0.1) is 16.7 Å². The molecule has 0 spiro atoms. The quantitative estimate of drug-likeness (QED) is 0.720. The van der Waals surface area contributed by atoms with Crippen molar-refractivity contribution in [3.8, 4) is 0 Å². The Bertz CT molecular complexity index is 1090. The highest BCUT2D eigenvalue weighted by molar-refractivity contribution is 7.88. The number of nitrogens with one attached hydrogen (secondary N) is 3. The van der Waals surface area contributed by atoms with E-state index in [9.17, 15) is 17.6 Å². The predicted molar refractivity (Wildman–Crippen MR) is 99.7 cm³/mol. The predicted octanol–water partition coefficient (Wildman–Crippen LogP) is 1.99. The third kappa shape index (κ3) is 4.16. The van der Waals surface area contributed by atoms with Gasteiger partial charge in [0, 0.05) is 24.2 Å². The van der Waals surface area contributed by atoms with Gasteiger partial charge in [-0.25, -0.2) is 9.37 Å². The molecule has 0 saturated carbocycles. The molecule has 8 nitrogen and oxygen atoms in total. The van der Waals surface area contributed by atoms with Crippen LogP contribution in [0.4, 0.5) is 4.39 Å². The number of fused-ring (bicyclic) bond motifs is 1. The van der Waals surface area contributed by atoms with Crippen molar-refractivity contribution in [1.29, 1.82) is 0 Å². The number of hydrogen-bond donors (Lipinski definition) is 3. The Morgan fingerprint density at radius 2 is 2.00 bits per heavy atom. The summed E-state index contributed by atoms with van der Waals surface area (Å²) in [5.74, 6) is -0.0437. The molecule has 0 saturated heterocycles. The lowest BCUT2D eigenvalue weighted by molar-refractivity contribution is -0.121. The molecular formula is C17H20FN5O3S. The van der Waals surface area contributed by atoms with Crippen LogP contribution >= 0.6 is 0 Å². The largest absolute Gasteiger partial charge is 0.352 e. The first-order chi connectivity index (χ1) is 12.7. The van der Waals surface area contributed by atoms with Gasteiger partial charge in [-0.2, -0.15) is 8.42 Å². The van der Waals surface area contributed by atoms with Crippen molar-refractivity contribution in [1.82, 2.24) is 20.0 Å². The molecule has 0 atom stereocenters. The smallest absolute Gasteiger partial charge is 0.342 e. The zero-order valence-corrected chi connectivity index (χ0v) is 16.0. The SMILES string of the molecule is CC1=NS(=O)(=O)NC(C)=C1CCC(=O)NCc1c(F)ccc2[nH]c(C)nc12. The van der Waals surface area contributed by atoms with Crippen LogP contribution < -0.4 is 10.0 Å². The second kappa shape index (κ2) is 7.10. The summed E-state index contributed by atoms with van der Waals surface area (Å²) in [7, 11) is -3.69. The minimum atomic E-state index is -3.69. The fraction of sp³-hybridized carbons (Fsp3) is 0.353. The van der Waals surface area contributed by atoms with Crippen molar-refractivity contribution >= 4 is 32.9 Å². The minimum Gasteiger partial charge on any atom is -0.352 e. The Morgan fingerprint density at radius 1 is 1.26 bits per heavy atom. The Morgan fingerprint density at radius 3 is 2.70 bits per heavy atom. The summed E-state index contributed by atoms with van der Waals surface area (Å²) in [5, 5.41) is 2.69. The van der Waals surface area contributed by atoms with E-state index in [1.54, 1.807) is 26.8 Å². The van der Waals surface area contributed by atoms with E-state index >= 15 is 0 Å². The molecule has 1 amide bonds. The van der Waals surface area contributed by atoms with Crippen molar-refractivity contribution in [3.63, 3.8) is 0 Å². The number of carbonyl (C=O) groups excluding carboxylic acids is 1. The summed E-state index contributed by atoms with van der Waals surface area (Å²) in [6.07, 6.45) is 0.447. The molecule has 1 aliphatic heterocycles. The number of aryl methyl sites for hydroxylation is 1. The Balaban J connectivity index is 1.65. The fourth-order valence-electron chi connectivity index (χ4n) is 3.07. The molecular weight excluding hydrogens is 373 g/mol. The lowest BCUT2D eigenvalue weighted by Crippen LogP contribution is -2.29. The van der Waals surface area contributed by atoms with Gasteiger partial charge in [0.2, 0.25) is 5.91 Å². The molecule has 2 heterocycles. The van der Waals surface area contributed by atoms with Crippen molar-refractivity contribution < 1.29 is 17.6 Å². The van der Waals surface area contributed by atoms with Crippen molar-refractivity contribution in [3.05, 3.63) is 40.6 Å². The van der Waals surface area contributed by atoms with Gasteiger partial charge in [-0.1, -0.05) is 0 Å². The first-order valence-corrected chi connectivity index (χ1v) is 9.80. The number of benzene rings is 1. The van der Waals surface area contributed by atoms with E-state index in [-0.39, 0.29) is 18.9 Å². The zero-order chi connectivity index (χ0) is 19.8. The van der Waals surface area contributed by atoms with Gasteiger partial charge >= 0.3 is 10.2 Å². The van der Waals surface area contributed by atoms with Crippen LogP contribution in [0.15, 0.2) is 27.8 Å². The van der Waals surface area contributed by atoms with Crippen LogP contribution in [0.1, 0.15) is 38.1 Å². The van der Waals surface area contributed by atoms with Gasteiger partial charge in [0.15, 0.2) is 0 Å². The molecule has 0 aliphatic carbocycles. The van der Waals surface area contributed by atoms with E-state index in [1.807, 2.05) is 0 Å². The zero-order valence-electron chi connectivity index (χ0n) is 15.2. The highest BCUT2D eigenvalue weighted by atomic mass is 32.2. The highest BCUT2D eigenvalue weighted by Gasteiger charge is 2.21. The number of amides is 1. The summed E-state index contributed by atoms with van der Waals surface area (Å²) in [5.41, 5.74) is 3.02. The van der Waals surface area contributed by atoms with Gasteiger partial charge in [-0.05, 0) is 44.9 Å². The van der Waals surface area contributed by atoms with Gasteiger partial charge < -0.3 is 10.3 Å². The molecule has 27 heavy (non-hydrogen) atoms. The molecule has 1 aliphatic rings. The molecule has 2 aromatic rings.